The monoisotopic (exact) mass is 384 g/mol. The molecule has 1 fully saturated rings. The molecule has 2 atom stereocenters. The minimum atomic E-state index is -0.484. The van der Waals surface area contributed by atoms with E-state index in [1.807, 2.05) is 0 Å². The number of nitrogens with two attached hydrogens (primary N) is 1. The summed E-state index contributed by atoms with van der Waals surface area (Å²) in [5.41, 5.74) is 5.93. The Kier molecular flexibility index (Phi) is 4.45. The van der Waals surface area contributed by atoms with E-state index in [0.717, 1.165) is 19.2 Å². The Bertz CT molecular complexity index is 1030. The molecule has 0 aliphatic carbocycles. The molecule has 4 heterocycles. The third kappa shape index (κ3) is 3.46. The van der Waals surface area contributed by atoms with Crippen LogP contribution in [0.5, 0.6) is 0 Å². The van der Waals surface area contributed by atoms with Crippen molar-refractivity contribution in [2.45, 2.75) is 13.3 Å². The normalized spacial score (nSPS) is 19.8. The molecule has 1 saturated heterocycles. The summed E-state index contributed by atoms with van der Waals surface area (Å²) >= 11 is 1.35. The Labute approximate surface area is 158 Å². The highest BCUT2D eigenvalue weighted by atomic mass is 32.1. The fourth-order valence-electron chi connectivity index (χ4n) is 3.26. The van der Waals surface area contributed by atoms with Crippen molar-refractivity contribution in [2.75, 3.05) is 29.0 Å². The molecule has 0 saturated carbocycles. The van der Waals surface area contributed by atoms with Crippen LogP contribution in [-0.2, 0) is 0 Å². The van der Waals surface area contributed by atoms with Crippen molar-refractivity contribution in [3.63, 3.8) is 0 Å². The number of halogens is 1. The number of nitriles is 1. The van der Waals surface area contributed by atoms with Crippen molar-refractivity contribution in [1.29, 1.82) is 5.26 Å². The van der Waals surface area contributed by atoms with Crippen LogP contribution in [0.15, 0.2) is 18.6 Å². The predicted molar refractivity (Wildman–Crippen MR) is 102 cm³/mol. The van der Waals surface area contributed by atoms with Gasteiger partial charge in [-0.15, -0.1) is 0 Å². The van der Waals surface area contributed by atoms with Crippen LogP contribution in [-0.4, -0.2) is 33.0 Å². The second kappa shape index (κ2) is 6.92. The summed E-state index contributed by atoms with van der Waals surface area (Å²) in [7, 11) is 0. The van der Waals surface area contributed by atoms with Crippen LogP contribution < -0.4 is 16.0 Å². The minimum absolute atomic E-state index is 0.0506. The number of nitrogen functional groups attached to an aromatic ring is 1. The largest absolute Gasteiger partial charge is 0.384 e. The summed E-state index contributed by atoms with van der Waals surface area (Å²) in [6, 6.07) is 3.91. The standard InChI is InChI=1S/C17H17FN8S/c1-9-2-10(4-19)7-26(6-9)17-25-14-11(18)5-21-16(15(14)27-17)24-13-3-12(20)22-8-23-13/h3,5,8-10H,2,6-7H2,1H3,(H3,20,21,22,23,24)/t9-,10-/m1/s1. The van der Waals surface area contributed by atoms with E-state index in [4.69, 9.17) is 5.73 Å². The lowest BCUT2D eigenvalue weighted by Gasteiger charge is -2.33. The quantitative estimate of drug-likeness (QED) is 0.708. The zero-order valence-corrected chi connectivity index (χ0v) is 15.4. The maximum absolute atomic E-state index is 14.3. The number of piperidine rings is 1. The van der Waals surface area contributed by atoms with Crippen molar-refractivity contribution >= 4 is 44.1 Å². The van der Waals surface area contributed by atoms with Crippen LogP contribution in [0.1, 0.15) is 13.3 Å². The van der Waals surface area contributed by atoms with E-state index in [9.17, 15) is 9.65 Å². The first-order chi connectivity index (χ1) is 13.0. The van der Waals surface area contributed by atoms with Gasteiger partial charge in [-0.25, -0.2) is 24.3 Å². The lowest BCUT2D eigenvalue weighted by molar-refractivity contribution is 0.389. The van der Waals surface area contributed by atoms with Gasteiger partial charge in [0.1, 0.15) is 28.2 Å². The molecule has 0 bridgehead atoms. The average Bonchev–Trinajstić information content (AvgIpc) is 3.10. The number of fused-ring (bicyclic) bond motifs is 1. The highest BCUT2D eigenvalue weighted by molar-refractivity contribution is 7.22. The molecule has 0 aromatic carbocycles. The molecule has 27 heavy (non-hydrogen) atoms. The molecular formula is C17H17FN8S. The van der Waals surface area contributed by atoms with E-state index in [1.54, 1.807) is 6.07 Å². The molecule has 0 amide bonds. The van der Waals surface area contributed by atoms with Gasteiger partial charge in [-0.3, -0.25) is 0 Å². The van der Waals surface area contributed by atoms with E-state index in [1.165, 1.54) is 17.7 Å². The van der Waals surface area contributed by atoms with Gasteiger partial charge in [0.05, 0.1) is 18.2 Å². The molecule has 8 nitrogen and oxygen atoms in total. The molecule has 10 heteroatoms. The van der Waals surface area contributed by atoms with Gasteiger partial charge >= 0.3 is 0 Å². The van der Waals surface area contributed by atoms with Crippen molar-refractivity contribution < 1.29 is 4.39 Å². The number of aromatic nitrogens is 4. The number of hydrogen-bond acceptors (Lipinski definition) is 9. The van der Waals surface area contributed by atoms with Gasteiger partial charge in [-0.05, 0) is 12.3 Å². The maximum Gasteiger partial charge on any atom is 0.186 e. The van der Waals surface area contributed by atoms with Gasteiger partial charge in [0, 0.05) is 19.2 Å². The van der Waals surface area contributed by atoms with Gasteiger partial charge in [0.2, 0.25) is 0 Å². The third-order valence-electron chi connectivity index (χ3n) is 4.41. The summed E-state index contributed by atoms with van der Waals surface area (Å²) in [5, 5.41) is 13.0. The average molecular weight is 384 g/mol. The van der Waals surface area contributed by atoms with E-state index < -0.39 is 5.82 Å². The number of thiazole rings is 1. The first-order valence-electron chi connectivity index (χ1n) is 8.47. The van der Waals surface area contributed by atoms with Crippen molar-refractivity contribution in [3.8, 4) is 6.07 Å². The molecule has 3 N–H and O–H groups in total. The maximum atomic E-state index is 14.3. The summed E-state index contributed by atoms with van der Waals surface area (Å²) < 4.78 is 14.9. The molecule has 1 aliphatic rings. The first kappa shape index (κ1) is 17.4. The molecule has 138 valence electrons. The van der Waals surface area contributed by atoms with Gasteiger partial charge in [-0.2, -0.15) is 5.26 Å². The van der Waals surface area contributed by atoms with E-state index >= 15 is 0 Å². The van der Waals surface area contributed by atoms with Gasteiger partial charge in [0.15, 0.2) is 16.8 Å². The summed E-state index contributed by atoms with van der Waals surface area (Å²) in [6.07, 6.45) is 3.35. The van der Waals surface area contributed by atoms with Crippen LogP contribution in [0.4, 0.5) is 27.0 Å². The highest BCUT2D eigenvalue weighted by Gasteiger charge is 2.27. The molecule has 0 spiro atoms. The fraction of sp³-hybridized carbons (Fsp3) is 0.353. The predicted octanol–water partition coefficient (Wildman–Crippen LogP) is 2.93. The van der Waals surface area contributed by atoms with Crippen LogP contribution in [0.25, 0.3) is 10.2 Å². The van der Waals surface area contributed by atoms with E-state index in [-0.39, 0.29) is 11.4 Å². The molecule has 1 aliphatic heterocycles. The summed E-state index contributed by atoms with van der Waals surface area (Å²) in [6.45, 7) is 3.50. The van der Waals surface area contributed by atoms with E-state index in [0.29, 0.717) is 39.7 Å². The number of pyridine rings is 1. The van der Waals surface area contributed by atoms with Gasteiger partial charge in [0.25, 0.3) is 0 Å². The van der Waals surface area contributed by atoms with E-state index in [2.05, 4.69) is 43.1 Å². The molecule has 3 aromatic rings. The second-order valence-corrected chi connectivity index (χ2v) is 7.63. The number of nitrogens with zero attached hydrogens (tertiary/aromatic N) is 6. The summed E-state index contributed by atoms with van der Waals surface area (Å²) in [4.78, 5) is 18.6. The molecule has 0 radical (unpaired) electrons. The number of nitrogens with one attached hydrogen (secondary N) is 1. The van der Waals surface area contributed by atoms with Gasteiger partial charge < -0.3 is 16.0 Å². The van der Waals surface area contributed by atoms with Crippen LogP contribution in [0, 0.1) is 29.0 Å². The lowest BCUT2D eigenvalue weighted by Crippen LogP contribution is -2.39. The Morgan fingerprint density at radius 3 is 3.00 bits per heavy atom. The Morgan fingerprint density at radius 1 is 1.37 bits per heavy atom. The van der Waals surface area contributed by atoms with Crippen molar-refractivity contribution in [3.05, 3.63) is 24.4 Å². The molecule has 4 rings (SSSR count). The minimum Gasteiger partial charge on any atom is -0.384 e. The smallest absolute Gasteiger partial charge is 0.186 e. The third-order valence-corrected chi connectivity index (χ3v) is 5.53. The Hall–Kier alpha value is -3.06. The van der Waals surface area contributed by atoms with Crippen LogP contribution >= 0.6 is 11.3 Å². The molecule has 0 unspecified atom stereocenters. The lowest BCUT2D eigenvalue weighted by atomic mass is 9.92. The SMILES string of the molecule is C[C@@H]1C[C@H](C#N)CN(c2nc3c(F)cnc(Nc4cc(N)ncn4)c3s2)C1. The Balaban J connectivity index is 1.71. The zero-order valence-electron chi connectivity index (χ0n) is 14.6. The van der Waals surface area contributed by atoms with Crippen LogP contribution in [0.3, 0.4) is 0 Å². The zero-order chi connectivity index (χ0) is 19.0. The van der Waals surface area contributed by atoms with Crippen LogP contribution in [0.2, 0.25) is 0 Å². The topological polar surface area (TPSA) is 117 Å². The Morgan fingerprint density at radius 2 is 2.22 bits per heavy atom. The van der Waals surface area contributed by atoms with Crippen molar-refractivity contribution in [1.82, 2.24) is 19.9 Å². The molecule has 3 aromatic heterocycles. The number of rotatable bonds is 3. The first-order valence-corrected chi connectivity index (χ1v) is 9.29. The van der Waals surface area contributed by atoms with Gasteiger partial charge in [-0.1, -0.05) is 18.3 Å². The fourth-order valence-corrected chi connectivity index (χ4v) is 4.30. The summed E-state index contributed by atoms with van der Waals surface area (Å²) in [5.74, 6) is 1.08. The molecular weight excluding hydrogens is 367 g/mol. The highest BCUT2D eigenvalue weighted by Crippen LogP contribution is 2.37. The number of hydrogen-bond donors (Lipinski definition) is 2. The number of anilines is 4. The second-order valence-electron chi connectivity index (χ2n) is 6.65. The van der Waals surface area contributed by atoms with Crippen molar-refractivity contribution in [2.24, 2.45) is 11.8 Å².